The number of hydrogen-bond donors (Lipinski definition) is 1. The van der Waals surface area contributed by atoms with Crippen molar-refractivity contribution in [2.24, 2.45) is 5.92 Å². The molecule has 0 aromatic carbocycles. The van der Waals surface area contributed by atoms with Crippen LogP contribution in [0.25, 0.3) is 0 Å². The van der Waals surface area contributed by atoms with Crippen molar-refractivity contribution in [2.45, 2.75) is 45.7 Å². The highest BCUT2D eigenvalue weighted by molar-refractivity contribution is 4.81. The molecule has 1 rings (SSSR count). The lowest BCUT2D eigenvalue weighted by Gasteiger charge is -2.35. The predicted octanol–water partition coefficient (Wildman–Crippen LogP) is 1.73. The van der Waals surface area contributed by atoms with Gasteiger partial charge in [-0.3, -0.25) is 0 Å². The van der Waals surface area contributed by atoms with Crippen molar-refractivity contribution >= 4 is 0 Å². The van der Waals surface area contributed by atoms with Crippen molar-refractivity contribution in [3.05, 3.63) is 0 Å². The van der Waals surface area contributed by atoms with E-state index in [2.05, 4.69) is 31.0 Å². The van der Waals surface area contributed by atoms with E-state index in [0.717, 1.165) is 6.61 Å². The van der Waals surface area contributed by atoms with Crippen LogP contribution >= 0.6 is 0 Å². The van der Waals surface area contributed by atoms with Crippen molar-refractivity contribution < 1.29 is 4.74 Å². The predicted molar refractivity (Wildman–Crippen MR) is 68.8 cm³/mol. The molecule has 1 fully saturated rings. The fraction of sp³-hybridized carbons (Fsp3) is 1.00. The Hall–Kier alpha value is -0.120. The highest BCUT2D eigenvalue weighted by atomic mass is 16.5. The molecule has 96 valence electrons. The standard InChI is InChI=1S/C13H28N2O/c1-5-15-8-6-12(7-9-15)14-13(10-16-4)11(2)3/h11-14H,5-10H2,1-4H3. The minimum absolute atomic E-state index is 0.503. The van der Waals surface area contributed by atoms with E-state index < -0.39 is 0 Å². The molecule has 16 heavy (non-hydrogen) atoms. The number of rotatable bonds is 6. The van der Waals surface area contributed by atoms with E-state index in [1.165, 1.54) is 32.5 Å². The number of likely N-dealkylation sites (tertiary alicyclic amines) is 1. The molecule has 1 unspecified atom stereocenters. The zero-order valence-corrected chi connectivity index (χ0v) is 11.3. The monoisotopic (exact) mass is 228 g/mol. The fourth-order valence-corrected chi connectivity index (χ4v) is 2.33. The first-order valence-corrected chi connectivity index (χ1v) is 6.64. The van der Waals surface area contributed by atoms with E-state index >= 15 is 0 Å². The number of nitrogens with one attached hydrogen (secondary N) is 1. The van der Waals surface area contributed by atoms with E-state index in [4.69, 9.17) is 4.74 Å². The Morgan fingerprint density at radius 1 is 1.31 bits per heavy atom. The van der Waals surface area contributed by atoms with Crippen molar-refractivity contribution in [2.75, 3.05) is 33.4 Å². The first-order chi connectivity index (χ1) is 7.67. The van der Waals surface area contributed by atoms with Crippen molar-refractivity contribution in [1.29, 1.82) is 0 Å². The summed E-state index contributed by atoms with van der Waals surface area (Å²) in [5.74, 6) is 0.643. The van der Waals surface area contributed by atoms with Crippen LogP contribution in [0.15, 0.2) is 0 Å². The van der Waals surface area contributed by atoms with E-state index in [-0.39, 0.29) is 0 Å². The summed E-state index contributed by atoms with van der Waals surface area (Å²) in [6.45, 7) is 11.3. The van der Waals surface area contributed by atoms with Crippen LogP contribution in [0.4, 0.5) is 0 Å². The van der Waals surface area contributed by atoms with E-state index in [9.17, 15) is 0 Å². The number of methoxy groups -OCH3 is 1. The molecule has 0 radical (unpaired) electrons. The molecule has 0 bridgehead atoms. The van der Waals surface area contributed by atoms with Gasteiger partial charge in [0, 0.05) is 19.2 Å². The van der Waals surface area contributed by atoms with Gasteiger partial charge in [-0.1, -0.05) is 20.8 Å². The summed E-state index contributed by atoms with van der Waals surface area (Å²) in [7, 11) is 1.79. The van der Waals surface area contributed by atoms with Crippen LogP contribution in [0.5, 0.6) is 0 Å². The minimum Gasteiger partial charge on any atom is -0.383 e. The van der Waals surface area contributed by atoms with Gasteiger partial charge in [0.2, 0.25) is 0 Å². The molecule has 1 heterocycles. The van der Waals surface area contributed by atoms with Gasteiger partial charge in [-0.25, -0.2) is 0 Å². The first-order valence-electron chi connectivity index (χ1n) is 6.64. The number of ether oxygens (including phenoxy) is 1. The number of hydrogen-bond acceptors (Lipinski definition) is 3. The Morgan fingerprint density at radius 2 is 1.94 bits per heavy atom. The summed E-state index contributed by atoms with van der Waals surface area (Å²) in [4.78, 5) is 2.53. The summed E-state index contributed by atoms with van der Waals surface area (Å²) in [5, 5.41) is 3.75. The second-order valence-corrected chi connectivity index (χ2v) is 5.18. The molecule has 1 atom stereocenters. The van der Waals surface area contributed by atoms with Gasteiger partial charge in [-0.15, -0.1) is 0 Å². The molecular weight excluding hydrogens is 200 g/mol. The molecule has 0 aliphatic carbocycles. The van der Waals surface area contributed by atoms with Gasteiger partial charge in [-0.05, 0) is 38.4 Å². The Bertz CT molecular complexity index is 177. The quantitative estimate of drug-likeness (QED) is 0.749. The third-order valence-electron chi connectivity index (χ3n) is 3.64. The van der Waals surface area contributed by atoms with E-state index in [1.807, 2.05) is 0 Å². The zero-order chi connectivity index (χ0) is 12.0. The molecule has 1 saturated heterocycles. The topological polar surface area (TPSA) is 24.5 Å². The van der Waals surface area contributed by atoms with Crippen LogP contribution < -0.4 is 5.32 Å². The molecule has 1 aliphatic rings. The van der Waals surface area contributed by atoms with Crippen molar-refractivity contribution in [3.63, 3.8) is 0 Å². The third kappa shape index (κ3) is 4.40. The maximum atomic E-state index is 5.28. The average molecular weight is 228 g/mol. The molecule has 3 heteroatoms. The van der Waals surface area contributed by atoms with Crippen LogP contribution in [-0.2, 0) is 4.74 Å². The molecule has 1 aliphatic heterocycles. The van der Waals surface area contributed by atoms with Crippen LogP contribution in [0, 0.1) is 5.92 Å². The van der Waals surface area contributed by atoms with Gasteiger partial charge >= 0.3 is 0 Å². The van der Waals surface area contributed by atoms with Crippen LogP contribution in [-0.4, -0.2) is 50.3 Å². The number of piperidine rings is 1. The Labute approximate surface area is 101 Å². The minimum atomic E-state index is 0.503. The average Bonchev–Trinajstić information content (AvgIpc) is 2.29. The Morgan fingerprint density at radius 3 is 2.38 bits per heavy atom. The van der Waals surface area contributed by atoms with Gasteiger partial charge < -0.3 is 15.0 Å². The van der Waals surface area contributed by atoms with Crippen LogP contribution in [0.3, 0.4) is 0 Å². The molecule has 3 nitrogen and oxygen atoms in total. The van der Waals surface area contributed by atoms with Gasteiger partial charge in [0.25, 0.3) is 0 Å². The summed E-state index contributed by atoms with van der Waals surface area (Å²) in [6, 6.07) is 1.19. The van der Waals surface area contributed by atoms with Gasteiger partial charge in [0.15, 0.2) is 0 Å². The van der Waals surface area contributed by atoms with Crippen LogP contribution in [0.1, 0.15) is 33.6 Å². The lowest BCUT2D eigenvalue weighted by atomic mass is 9.99. The molecule has 0 aromatic rings. The number of nitrogens with zero attached hydrogens (tertiary/aromatic N) is 1. The Balaban J connectivity index is 2.30. The van der Waals surface area contributed by atoms with Crippen molar-refractivity contribution in [3.8, 4) is 0 Å². The van der Waals surface area contributed by atoms with E-state index in [1.54, 1.807) is 7.11 Å². The van der Waals surface area contributed by atoms with Gasteiger partial charge in [0.1, 0.15) is 0 Å². The molecule has 0 saturated carbocycles. The fourth-order valence-electron chi connectivity index (χ4n) is 2.33. The highest BCUT2D eigenvalue weighted by Gasteiger charge is 2.22. The lowest BCUT2D eigenvalue weighted by Crippen LogP contribution is -2.49. The summed E-state index contributed by atoms with van der Waals surface area (Å²) in [5.41, 5.74) is 0. The first kappa shape index (κ1) is 13.9. The van der Waals surface area contributed by atoms with Crippen LogP contribution in [0.2, 0.25) is 0 Å². The molecule has 0 aromatic heterocycles. The zero-order valence-electron chi connectivity index (χ0n) is 11.3. The van der Waals surface area contributed by atoms with Gasteiger partial charge in [0.05, 0.1) is 6.61 Å². The SMILES string of the molecule is CCN1CCC(NC(COC)C(C)C)CC1. The smallest absolute Gasteiger partial charge is 0.0618 e. The highest BCUT2D eigenvalue weighted by Crippen LogP contribution is 2.12. The molecule has 1 N–H and O–H groups in total. The molecule has 0 spiro atoms. The third-order valence-corrected chi connectivity index (χ3v) is 3.64. The normalized spacial score (nSPS) is 21.6. The maximum absolute atomic E-state index is 5.28. The Kier molecular flexibility index (Phi) is 6.32. The van der Waals surface area contributed by atoms with Gasteiger partial charge in [-0.2, -0.15) is 0 Å². The molecular formula is C13H28N2O. The molecule has 0 amide bonds. The van der Waals surface area contributed by atoms with Crippen molar-refractivity contribution in [1.82, 2.24) is 10.2 Å². The maximum Gasteiger partial charge on any atom is 0.0618 e. The van der Waals surface area contributed by atoms with E-state index in [0.29, 0.717) is 18.0 Å². The second-order valence-electron chi connectivity index (χ2n) is 5.18. The summed E-state index contributed by atoms with van der Waals surface area (Å²) < 4.78 is 5.28. The largest absolute Gasteiger partial charge is 0.383 e. The second kappa shape index (κ2) is 7.25. The summed E-state index contributed by atoms with van der Waals surface area (Å²) >= 11 is 0. The summed E-state index contributed by atoms with van der Waals surface area (Å²) in [6.07, 6.45) is 2.56. The lowest BCUT2D eigenvalue weighted by molar-refractivity contribution is 0.125.